The first kappa shape index (κ1) is 21.7. The molecule has 1 aliphatic heterocycles. The van der Waals surface area contributed by atoms with Gasteiger partial charge in [-0.1, -0.05) is 30.0 Å². The van der Waals surface area contributed by atoms with Gasteiger partial charge >= 0.3 is 0 Å². The predicted octanol–water partition coefficient (Wildman–Crippen LogP) is 3.08. The van der Waals surface area contributed by atoms with Crippen LogP contribution in [0.4, 0.5) is 5.95 Å². The second-order valence-corrected chi connectivity index (χ2v) is 9.84. The molecule has 2 heterocycles. The van der Waals surface area contributed by atoms with Gasteiger partial charge in [0.2, 0.25) is 16.0 Å². The molecule has 8 nitrogen and oxygen atoms in total. The van der Waals surface area contributed by atoms with Gasteiger partial charge in [0.15, 0.2) is 5.16 Å². The first-order valence-electron chi connectivity index (χ1n) is 10.2. The summed E-state index contributed by atoms with van der Waals surface area (Å²) >= 11 is 1.58. The van der Waals surface area contributed by atoms with Gasteiger partial charge in [0.1, 0.15) is 5.75 Å². The maximum Gasteiger partial charge on any atom is 0.238 e. The third-order valence-corrected chi connectivity index (χ3v) is 6.83. The van der Waals surface area contributed by atoms with Crippen LogP contribution in [-0.4, -0.2) is 48.6 Å². The van der Waals surface area contributed by atoms with Crippen LogP contribution in [0.25, 0.3) is 5.69 Å². The fourth-order valence-electron chi connectivity index (χ4n) is 3.48. The molecule has 1 fully saturated rings. The number of anilines is 1. The molecule has 0 aliphatic carbocycles. The molecule has 0 unspecified atom stereocenters. The Morgan fingerprint density at radius 2 is 1.68 bits per heavy atom. The average Bonchev–Trinajstić information content (AvgIpc) is 3.21. The SMILES string of the molecule is NS(=O)(=O)c1ccc(OCCSc2nnc(N3CCCCC3)n2-c2ccccc2)cc1. The molecule has 31 heavy (non-hydrogen) atoms. The van der Waals surface area contributed by atoms with Gasteiger partial charge in [-0.25, -0.2) is 13.6 Å². The molecule has 4 rings (SSSR count). The minimum atomic E-state index is -3.70. The highest BCUT2D eigenvalue weighted by Gasteiger charge is 2.21. The summed E-state index contributed by atoms with van der Waals surface area (Å²) in [6.07, 6.45) is 3.59. The van der Waals surface area contributed by atoms with Crippen LogP contribution in [0.3, 0.4) is 0 Å². The lowest BCUT2D eigenvalue weighted by Crippen LogP contribution is -2.31. The zero-order valence-electron chi connectivity index (χ0n) is 17.1. The van der Waals surface area contributed by atoms with Gasteiger partial charge in [-0.15, -0.1) is 10.2 Å². The van der Waals surface area contributed by atoms with Crippen LogP contribution in [0.15, 0.2) is 64.6 Å². The Morgan fingerprint density at radius 3 is 2.35 bits per heavy atom. The number of nitrogens with zero attached hydrogens (tertiary/aromatic N) is 4. The molecule has 1 aliphatic rings. The second kappa shape index (κ2) is 9.71. The van der Waals surface area contributed by atoms with Crippen LogP contribution >= 0.6 is 11.8 Å². The molecule has 0 bridgehead atoms. The summed E-state index contributed by atoms with van der Waals surface area (Å²) < 4.78 is 30.5. The van der Waals surface area contributed by atoms with Crippen LogP contribution in [0.2, 0.25) is 0 Å². The lowest BCUT2D eigenvalue weighted by Gasteiger charge is -2.27. The molecule has 0 spiro atoms. The first-order valence-corrected chi connectivity index (χ1v) is 12.7. The molecule has 3 aromatic rings. The van der Waals surface area contributed by atoms with Crippen molar-refractivity contribution in [3.05, 3.63) is 54.6 Å². The molecule has 164 valence electrons. The van der Waals surface area contributed by atoms with Crippen molar-refractivity contribution in [1.82, 2.24) is 14.8 Å². The molecule has 2 N–H and O–H groups in total. The standard InChI is InChI=1S/C21H25N5O3S2/c22-31(27,28)19-11-9-18(10-12-19)29-15-16-30-21-24-23-20(25-13-5-2-6-14-25)26(21)17-7-3-1-4-8-17/h1,3-4,7-12H,2,5-6,13-16H2,(H2,22,27,28). The van der Waals surface area contributed by atoms with Crippen molar-refractivity contribution >= 4 is 27.7 Å². The van der Waals surface area contributed by atoms with Gasteiger partial charge in [-0.3, -0.25) is 4.57 Å². The number of piperidine rings is 1. The third kappa shape index (κ3) is 5.38. The topological polar surface area (TPSA) is 103 Å². The van der Waals surface area contributed by atoms with Crippen LogP contribution in [0.1, 0.15) is 19.3 Å². The number of aromatic nitrogens is 3. The summed E-state index contributed by atoms with van der Waals surface area (Å²) in [5.41, 5.74) is 1.04. The fraction of sp³-hybridized carbons (Fsp3) is 0.333. The van der Waals surface area contributed by atoms with Crippen LogP contribution in [0, 0.1) is 0 Å². The van der Waals surface area contributed by atoms with Crippen LogP contribution in [-0.2, 0) is 10.0 Å². The highest BCUT2D eigenvalue weighted by atomic mass is 32.2. The number of para-hydroxylation sites is 1. The Labute approximate surface area is 186 Å². The van der Waals surface area contributed by atoms with Crippen molar-refractivity contribution in [2.24, 2.45) is 5.14 Å². The van der Waals surface area contributed by atoms with Gasteiger partial charge in [0.25, 0.3) is 0 Å². The van der Waals surface area contributed by atoms with E-state index in [1.165, 1.54) is 31.4 Å². The summed E-state index contributed by atoms with van der Waals surface area (Å²) in [4.78, 5) is 2.37. The predicted molar refractivity (Wildman–Crippen MR) is 121 cm³/mol. The lowest BCUT2D eigenvalue weighted by molar-refractivity contribution is 0.343. The molecular formula is C21H25N5O3S2. The molecule has 0 atom stereocenters. The maximum atomic E-state index is 11.3. The van der Waals surface area contributed by atoms with Crippen molar-refractivity contribution in [3.8, 4) is 11.4 Å². The fourth-order valence-corrected chi connectivity index (χ4v) is 4.75. The maximum absolute atomic E-state index is 11.3. The van der Waals surface area contributed by atoms with E-state index in [0.717, 1.165) is 29.9 Å². The van der Waals surface area contributed by atoms with Crippen molar-refractivity contribution < 1.29 is 13.2 Å². The van der Waals surface area contributed by atoms with E-state index in [-0.39, 0.29) is 4.90 Å². The number of nitrogens with two attached hydrogens (primary N) is 1. The first-order chi connectivity index (χ1) is 15.0. The van der Waals surface area contributed by atoms with Gasteiger partial charge in [0.05, 0.1) is 17.2 Å². The largest absolute Gasteiger partial charge is 0.493 e. The Kier molecular flexibility index (Phi) is 6.79. The molecule has 0 amide bonds. The van der Waals surface area contributed by atoms with Crippen molar-refractivity contribution in [2.75, 3.05) is 30.3 Å². The minimum absolute atomic E-state index is 0.0652. The molecule has 10 heteroatoms. The molecule has 1 aromatic heterocycles. The molecular weight excluding hydrogens is 434 g/mol. The van der Waals surface area contributed by atoms with Crippen molar-refractivity contribution in [3.63, 3.8) is 0 Å². The number of sulfonamides is 1. The zero-order valence-corrected chi connectivity index (χ0v) is 18.7. The second-order valence-electron chi connectivity index (χ2n) is 7.21. The minimum Gasteiger partial charge on any atom is -0.493 e. The summed E-state index contributed by atoms with van der Waals surface area (Å²) in [6, 6.07) is 16.2. The number of primary sulfonamides is 1. The Balaban J connectivity index is 1.43. The zero-order chi connectivity index (χ0) is 21.7. The number of hydrogen-bond acceptors (Lipinski definition) is 7. The number of rotatable bonds is 8. The summed E-state index contributed by atoms with van der Waals surface area (Å²) in [5.74, 6) is 2.14. The lowest BCUT2D eigenvalue weighted by atomic mass is 10.1. The van der Waals surface area contributed by atoms with E-state index in [0.29, 0.717) is 18.1 Å². The van der Waals surface area contributed by atoms with E-state index in [9.17, 15) is 8.42 Å². The van der Waals surface area contributed by atoms with Gasteiger partial charge in [-0.05, 0) is 55.7 Å². The highest BCUT2D eigenvalue weighted by molar-refractivity contribution is 7.99. The summed E-state index contributed by atoms with van der Waals surface area (Å²) in [7, 11) is -3.70. The van der Waals surface area contributed by atoms with Gasteiger partial charge < -0.3 is 9.64 Å². The van der Waals surface area contributed by atoms with Crippen molar-refractivity contribution in [1.29, 1.82) is 0 Å². The van der Waals surface area contributed by atoms with E-state index < -0.39 is 10.0 Å². The summed E-state index contributed by atoms with van der Waals surface area (Å²) in [5, 5.41) is 14.9. The van der Waals surface area contributed by atoms with E-state index >= 15 is 0 Å². The highest BCUT2D eigenvalue weighted by Crippen LogP contribution is 2.28. The van der Waals surface area contributed by atoms with Crippen LogP contribution in [0.5, 0.6) is 5.75 Å². The number of thioether (sulfide) groups is 1. The Morgan fingerprint density at radius 1 is 0.968 bits per heavy atom. The van der Waals surface area contributed by atoms with Gasteiger partial charge in [-0.2, -0.15) is 0 Å². The third-order valence-electron chi connectivity index (χ3n) is 5.01. The molecule has 2 aromatic carbocycles. The normalized spacial score (nSPS) is 14.5. The summed E-state index contributed by atoms with van der Waals surface area (Å²) in [6.45, 7) is 2.43. The number of hydrogen-bond donors (Lipinski definition) is 1. The monoisotopic (exact) mass is 459 g/mol. The smallest absolute Gasteiger partial charge is 0.238 e. The quantitative estimate of drug-likeness (QED) is 0.408. The number of ether oxygens (including phenoxy) is 1. The molecule has 0 radical (unpaired) electrons. The van der Waals surface area contributed by atoms with E-state index in [1.54, 1.807) is 23.9 Å². The van der Waals surface area contributed by atoms with Crippen molar-refractivity contribution in [2.45, 2.75) is 29.3 Å². The van der Waals surface area contributed by atoms with Gasteiger partial charge in [0, 0.05) is 18.8 Å². The van der Waals surface area contributed by atoms with Crippen LogP contribution < -0.4 is 14.8 Å². The molecule has 1 saturated heterocycles. The van der Waals surface area contributed by atoms with E-state index in [4.69, 9.17) is 9.88 Å². The molecule has 0 saturated carbocycles. The van der Waals surface area contributed by atoms with E-state index in [2.05, 4.69) is 31.8 Å². The number of benzene rings is 2. The average molecular weight is 460 g/mol. The Hall–Kier alpha value is -2.56. The Bertz CT molecular complexity index is 1100. The van der Waals surface area contributed by atoms with E-state index in [1.807, 2.05) is 18.2 Å².